The van der Waals surface area contributed by atoms with Crippen LogP contribution in [0.4, 0.5) is 32.0 Å². The average molecular weight is 676 g/mol. The molecule has 16 heteroatoms. The molecule has 6 aromatic rings. The third-order valence-electron chi connectivity index (χ3n) is 6.39. The molecule has 0 saturated carbocycles. The predicted octanol–water partition coefficient (Wildman–Crippen LogP) is 8.55. The summed E-state index contributed by atoms with van der Waals surface area (Å²) >= 11 is 0. The van der Waals surface area contributed by atoms with Gasteiger partial charge >= 0.3 is 18.3 Å². The van der Waals surface area contributed by atoms with E-state index in [9.17, 15) is 31.1 Å². The van der Waals surface area contributed by atoms with Gasteiger partial charge in [-0.05, 0) is 59.7 Å². The summed E-state index contributed by atoms with van der Waals surface area (Å²) in [6.07, 6.45) is -3.59. The first-order chi connectivity index (χ1) is 21.8. The van der Waals surface area contributed by atoms with Crippen LogP contribution in [0.15, 0.2) is 107 Å². The molecule has 4 heterocycles. The van der Waals surface area contributed by atoms with E-state index in [1.807, 2.05) is 0 Å². The summed E-state index contributed by atoms with van der Waals surface area (Å²) in [4.78, 5) is 18.7. The smallest absolute Gasteiger partial charge is 0.453 e. The standard InChI is InChI=1S/C16H9F3N2O3.C15H10F3N3O.ClH/c17-16(18,19)14-12(9-3-5-10(6-4-9)15(22)23)13(21-24-14)11-2-1-7-20-8-11;16-15(17,18)14-12(9-3-5-11(19)6-4-9)13(21-22-14)10-2-1-7-20-8-10;/h1-8H,(H,22,23);1-8H,19H2;1H. The van der Waals surface area contributed by atoms with Crippen molar-refractivity contribution in [3.8, 4) is 44.8 Å². The second kappa shape index (κ2) is 13.7. The summed E-state index contributed by atoms with van der Waals surface area (Å²) < 4.78 is 88.3. The van der Waals surface area contributed by atoms with Crippen LogP contribution in [0.1, 0.15) is 21.9 Å². The number of alkyl halides is 6. The molecule has 0 aliphatic rings. The van der Waals surface area contributed by atoms with Crippen LogP contribution in [-0.2, 0) is 12.4 Å². The molecular weight excluding hydrogens is 656 g/mol. The molecule has 0 fully saturated rings. The molecule has 4 aromatic heterocycles. The normalized spacial score (nSPS) is 11.3. The highest BCUT2D eigenvalue weighted by molar-refractivity contribution is 5.89. The van der Waals surface area contributed by atoms with Gasteiger partial charge in [-0.25, -0.2) is 4.79 Å². The highest BCUT2D eigenvalue weighted by Crippen LogP contribution is 2.43. The second-order valence-electron chi connectivity index (χ2n) is 9.45. The minimum atomic E-state index is -4.74. The van der Waals surface area contributed by atoms with Crippen LogP contribution in [0.5, 0.6) is 0 Å². The summed E-state index contributed by atoms with van der Waals surface area (Å²) in [5, 5.41) is 16.0. The van der Waals surface area contributed by atoms with Crippen LogP contribution >= 0.6 is 12.4 Å². The van der Waals surface area contributed by atoms with Crippen molar-refractivity contribution in [2.45, 2.75) is 12.4 Å². The Bertz CT molecular complexity index is 1950. The van der Waals surface area contributed by atoms with Gasteiger partial charge in [0.2, 0.25) is 11.5 Å². The lowest BCUT2D eigenvalue weighted by Crippen LogP contribution is -2.05. The average Bonchev–Trinajstić information content (AvgIpc) is 3.69. The Morgan fingerprint density at radius 2 is 1.04 bits per heavy atom. The molecule has 0 bridgehead atoms. The van der Waals surface area contributed by atoms with Crippen molar-refractivity contribution >= 4 is 24.1 Å². The third-order valence-corrected chi connectivity index (χ3v) is 6.39. The van der Waals surface area contributed by atoms with Gasteiger partial charge in [-0.15, -0.1) is 12.4 Å². The van der Waals surface area contributed by atoms with E-state index in [1.54, 1.807) is 24.3 Å². The maximum absolute atomic E-state index is 13.2. The van der Waals surface area contributed by atoms with Crippen LogP contribution in [0.2, 0.25) is 0 Å². The van der Waals surface area contributed by atoms with Crippen LogP contribution in [0, 0.1) is 0 Å². The molecule has 0 aliphatic heterocycles. The fourth-order valence-electron chi connectivity index (χ4n) is 4.33. The van der Waals surface area contributed by atoms with E-state index in [4.69, 9.17) is 10.8 Å². The van der Waals surface area contributed by atoms with Gasteiger partial charge in [0.1, 0.15) is 11.4 Å². The minimum absolute atomic E-state index is 0. The van der Waals surface area contributed by atoms with E-state index in [0.717, 1.165) is 0 Å². The SMILES string of the molecule is Cl.Nc1ccc(-c2c(-c3cccnc3)noc2C(F)(F)F)cc1.O=C(O)c1ccc(-c2c(-c3cccnc3)noc2C(F)(F)F)cc1. The maximum Gasteiger partial charge on any atom is 0.453 e. The molecule has 0 aliphatic carbocycles. The Labute approximate surface area is 267 Å². The molecule has 242 valence electrons. The number of carbonyl (C=O) groups is 1. The van der Waals surface area contributed by atoms with E-state index >= 15 is 0 Å². The molecule has 47 heavy (non-hydrogen) atoms. The molecule has 0 radical (unpaired) electrons. The Kier molecular flexibility index (Phi) is 9.99. The zero-order valence-electron chi connectivity index (χ0n) is 23.5. The molecule has 0 atom stereocenters. The van der Waals surface area contributed by atoms with Crippen LogP contribution in [0.3, 0.4) is 0 Å². The number of rotatable bonds is 5. The van der Waals surface area contributed by atoms with Crippen molar-refractivity contribution in [3.63, 3.8) is 0 Å². The van der Waals surface area contributed by atoms with E-state index in [0.29, 0.717) is 22.4 Å². The number of nitrogens with zero attached hydrogens (tertiary/aromatic N) is 4. The first-order valence-electron chi connectivity index (χ1n) is 13.0. The number of aromatic nitrogens is 4. The second-order valence-corrected chi connectivity index (χ2v) is 9.45. The number of carboxylic acid groups (broad SMARTS) is 1. The monoisotopic (exact) mass is 675 g/mol. The van der Waals surface area contributed by atoms with Crippen molar-refractivity contribution in [1.82, 2.24) is 20.3 Å². The zero-order valence-corrected chi connectivity index (χ0v) is 24.3. The predicted molar refractivity (Wildman–Crippen MR) is 159 cm³/mol. The van der Waals surface area contributed by atoms with Crippen LogP contribution < -0.4 is 5.73 Å². The van der Waals surface area contributed by atoms with Gasteiger partial charge in [-0.1, -0.05) is 34.6 Å². The van der Waals surface area contributed by atoms with Gasteiger partial charge in [0, 0.05) is 41.6 Å². The van der Waals surface area contributed by atoms with Gasteiger partial charge in [0.15, 0.2) is 0 Å². The number of carboxylic acids is 1. The lowest BCUT2D eigenvalue weighted by atomic mass is 9.98. The quantitative estimate of drug-likeness (QED) is 0.136. The highest BCUT2D eigenvalue weighted by Gasteiger charge is 2.42. The largest absolute Gasteiger partial charge is 0.478 e. The summed E-state index contributed by atoms with van der Waals surface area (Å²) in [7, 11) is 0. The summed E-state index contributed by atoms with van der Waals surface area (Å²) in [5.41, 5.74) is 6.95. The van der Waals surface area contributed by atoms with Crippen LogP contribution in [0.25, 0.3) is 44.8 Å². The van der Waals surface area contributed by atoms with Crippen molar-refractivity contribution in [3.05, 3.63) is 115 Å². The lowest BCUT2D eigenvalue weighted by molar-refractivity contribution is -0.155. The Balaban J connectivity index is 0.000000209. The number of nitrogen functional groups attached to an aromatic ring is 1. The van der Waals surface area contributed by atoms with Gasteiger partial charge < -0.3 is 19.9 Å². The first-order valence-corrected chi connectivity index (χ1v) is 13.0. The summed E-state index contributed by atoms with van der Waals surface area (Å²) in [6, 6.07) is 17.4. The van der Waals surface area contributed by atoms with E-state index in [1.165, 1.54) is 73.3 Å². The van der Waals surface area contributed by atoms with Gasteiger partial charge in [0.05, 0.1) is 16.7 Å². The van der Waals surface area contributed by atoms with Crippen molar-refractivity contribution < 1.29 is 45.3 Å². The summed E-state index contributed by atoms with van der Waals surface area (Å²) in [5.74, 6) is -3.56. The van der Waals surface area contributed by atoms with Gasteiger partial charge in [0.25, 0.3) is 0 Å². The topological polar surface area (TPSA) is 141 Å². The highest BCUT2D eigenvalue weighted by atomic mass is 35.5. The molecule has 0 spiro atoms. The van der Waals surface area contributed by atoms with E-state index in [2.05, 4.69) is 29.3 Å². The van der Waals surface area contributed by atoms with Gasteiger partial charge in [-0.3, -0.25) is 9.97 Å². The van der Waals surface area contributed by atoms with Gasteiger partial charge in [-0.2, -0.15) is 26.3 Å². The minimum Gasteiger partial charge on any atom is -0.478 e. The molecule has 0 saturated heterocycles. The Morgan fingerprint density at radius 1 is 0.638 bits per heavy atom. The zero-order chi connectivity index (χ0) is 33.1. The van der Waals surface area contributed by atoms with Crippen molar-refractivity contribution in [1.29, 1.82) is 0 Å². The molecule has 0 amide bonds. The Morgan fingerprint density at radius 3 is 1.38 bits per heavy atom. The number of anilines is 1. The Hall–Kier alpha value is -5.70. The van der Waals surface area contributed by atoms with Crippen LogP contribution in [-0.4, -0.2) is 31.4 Å². The number of hydrogen-bond donors (Lipinski definition) is 2. The van der Waals surface area contributed by atoms with E-state index < -0.39 is 29.8 Å². The molecule has 6 rings (SSSR count). The molecule has 9 nitrogen and oxygen atoms in total. The number of benzene rings is 2. The number of pyridine rings is 2. The molecule has 3 N–H and O–H groups in total. The van der Waals surface area contributed by atoms with E-state index in [-0.39, 0.29) is 46.0 Å². The number of nitrogens with two attached hydrogens (primary N) is 1. The third kappa shape index (κ3) is 7.58. The van der Waals surface area contributed by atoms with Crippen molar-refractivity contribution in [2.75, 3.05) is 5.73 Å². The fourth-order valence-corrected chi connectivity index (χ4v) is 4.33. The molecule has 2 aromatic carbocycles. The molecular formula is C31H20ClF6N5O4. The lowest BCUT2D eigenvalue weighted by Gasteiger charge is -2.07. The number of aromatic carboxylic acids is 1. The number of hydrogen-bond acceptors (Lipinski definition) is 8. The molecule has 0 unspecified atom stereocenters. The fraction of sp³-hybridized carbons (Fsp3) is 0.0645. The summed E-state index contributed by atoms with van der Waals surface area (Å²) in [6.45, 7) is 0. The maximum atomic E-state index is 13.2. The number of halogens is 7. The van der Waals surface area contributed by atoms with Crippen molar-refractivity contribution in [2.24, 2.45) is 0 Å². The first kappa shape index (κ1) is 34.2.